The molecule has 2 aromatic carbocycles. The second-order valence-electron chi connectivity index (χ2n) is 6.98. The number of carbonyl (C=O) groups is 1. The summed E-state index contributed by atoms with van der Waals surface area (Å²) < 4.78 is 5.99. The van der Waals surface area contributed by atoms with E-state index in [1.54, 1.807) is 11.8 Å². The Labute approximate surface area is 158 Å². The lowest BCUT2D eigenvalue weighted by Gasteiger charge is -2.39. The summed E-state index contributed by atoms with van der Waals surface area (Å²) in [6, 6.07) is 17.7. The number of hydrogen-bond donors (Lipinski definition) is 1. The van der Waals surface area contributed by atoms with Gasteiger partial charge >= 0.3 is 0 Å². The summed E-state index contributed by atoms with van der Waals surface area (Å²) in [4.78, 5) is 15.7. The molecule has 1 amide bonds. The van der Waals surface area contributed by atoms with Crippen LogP contribution in [0.15, 0.2) is 59.5 Å². The molecule has 2 heterocycles. The summed E-state index contributed by atoms with van der Waals surface area (Å²) in [7, 11) is 0. The van der Waals surface area contributed by atoms with Gasteiger partial charge in [-0.25, -0.2) is 0 Å². The van der Waals surface area contributed by atoms with Crippen LogP contribution in [0.4, 0.5) is 0 Å². The molecular weight excluding hydrogens is 346 g/mol. The van der Waals surface area contributed by atoms with Crippen LogP contribution in [0.1, 0.15) is 24.8 Å². The van der Waals surface area contributed by atoms with E-state index in [4.69, 9.17) is 4.74 Å². The average molecular weight is 369 g/mol. The lowest BCUT2D eigenvalue weighted by Crippen LogP contribution is -2.46. The molecule has 1 saturated heterocycles. The number of ether oxygens (including phenoxy) is 1. The van der Waals surface area contributed by atoms with Crippen LogP contribution < -0.4 is 4.74 Å². The summed E-state index contributed by atoms with van der Waals surface area (Å²) in [5.74, 6) is 1.79. The molecule has 26 heavy (non-hydrogen) atoms. The summed E-state index contributed by atoms with van der Waals surface area (Å²) in [5.41, 5.74) is 0.115. The number of benzene rings is 2. The highest BCUT2D eigenvalue weighted by molar-refractivity contribution is 7.99. The summed E-state index contributed by atoms with van der Waals surface area (Å²) >= 11 is 1.75. The zero-order valence-corrected chi connectivity index (χ0v) is 15.5. The Hall–Kier alpha value is -1.98. The Morgan fingerprint density at radius 2 is 1.81 bits per heavy atom. The van der Waals surface area contributed by atoms with Crippen LogP contribution in [0.25, 0.3) is 0 Å². The number of para-hydroxylation sites is 1. The van der Waals surface area contributed by atoms with Crippen molar-refractivity contribution in [2.45, 2.75) is 35.9 Å². The summed E-state index contributed by atoms with van der Waals surface area (Å²) in [6.07, 6.45) is 1.46. The largest absolute Gasteiger partial charge is 0.488 e. The molecule has 4 nitrogen and oxygen atoms in total. The first kappa shape index (κ1) is 17.4. The van der Waals surface area contributed by atoms with Crippen molar-refractivity contribution in [3.63, 3.8) is 0 Å². The first-order chi connectivity index (χ1) is 12.6. The van der Waals surface area contributed by atoms with Crippen molar-refractivity contribution in [1.82, 2.24) is 4.90 Å². The van der Waals surface area contributed by atoms with Crippen LogP contribution in [0.2, 0.25) is 0 Å². The van der Waals surface area contributed by atoms with Gasteiger partial charge in [0.2, 0.25) is 5.91 Å². The molecule has 2 aliphatic rings. The van der Waals surface area contributed by atoms with Crippen molar-refractivity contribution in [2.75, 3.05) is 18.8 Å². The molecule has 136 valence electrons. The Morgan fingerprint density at radius 1 is 1.12 bits per heavy atom. The maximum absolute atomic E-state index is 12.7. The van der Waals surface area contributed by atoms with Gasteiger partial charge in [0.1, 0.15) is 11.9 Å². The molecule has 0 radical (unpaired) electrons. The molecule has 1 atom stereocenters. The molecule has 0 bridgehead atoms. The second kappa shape index (κ2) is 7.33. The number of piperidine rings is 1. The number of fused-ring (bicyclic) bond motifs is 1. The fraction of sp³-hybridized carbons (Fsp3) is 0.381. The van der Waals surface area contributed by atoms with Gasteiger partial charge in [-0.05, 0) is 30.5 Å². The number of hydrogen-bond acceptors (Lipinski definition) is 4. The fourth-order valence-corrected chi connectivity index (χ4v) is 4.64. The number of carbonyl (C=O) groups excluding carboxylic acids is 1. The molecular formula is C21H23NO3S. The number of rotatable bonds is 3. The van der Waals surface area contributed by atoms with Crippen LogP contribution in [0.3, 0.4) is 0 Å². The van der Waals surface area contributed by atoms with Gasteiger partial charge in [-0.15, -0.1) is 11.8 Å². The number of likely N-dealkylation sites (tertiary alicyclic amines) is 1. The van der Waals surface area contributed by atoms with E-state index in [0.717, 1.165) is 22.0 Å². The van der Waals surface area contributed by atoms with Crippen LogP contribution in [-0.4, -0.2) is 40.9 Å². The average Bonchev–Trinajstić information content (AvgIpc) is 2.69. The standard InChI is InChI=1S/C21H23NO3S/c23-20(14-17-15-26-19-9-5-4-8-18(19)25-17)22-12-10-21(24,11-13-22)16-6-2-1-3-7-16/h1-9,17,24H,10-15H2. The van der Waals surface area contributed by atoms with Gasteiger partial charge in [-0.3, -0.25) is 4.79 Å². The van der Waals surface area contributed by atoms with Crippen LogP contribution in [0.5, 0.6) is 5.75 Å². The Balaban J connectivity index is 1.33. The molecule has 5 heteroatoms. The predicted octanol–water partition coefficient (Wildman–Crippen LogP) is 3.44. The van der Waals surface area contributed by atoms with E-state index >= 15 is 0 Å². The van der Waals surface area contributed by atoms with Crippen molar-refractivity contribution < 1.29 is 14.6 Å². The van der Waals surface area contributed by atoms with E-state index in [1.165, 1.54) is 0 Å². The maximum Gasteiger partial charge on any atom is 0.226 e. The van der Waals surface area contributed by atoms with Crippen molar-refractivity contribution >= 4 is 17.7 Å². The fourth-order valence-electron chi connectivity index (χ4n) is 3.65. The Kier molecular flexibility index (Phi) is 4.92. The monoisotopic (exact) mass is 369 g/mol. The van der Waals surface area contributed by atoms with Crippen LogP contribution in [0, 0.1) is 0 Å². The van der Waals surface area contributed by atoms with Gasteiger partial charge in [0.05, 0.1) is 12.0 Å². The van der Waals surface area contributed by atoms with E-state index in [0.29, 0.717) is 32.4 Å². The zero-order valence-electron chi connectivity index (χ0n) is 14.6. The summed E-state index contributed by atoms with van der Waals surface area (Å²) in [5, 5.41) is 10.9. The van der Waals surface area contributed by atoms with Gasteiger partial charge in [0.25, 0.3) is 0 Å². The molecule has 1 N–H and O–H groups in total. The molecule has 1 unspecified atom stereocenters. The highest BCUT2D eigenvalue weighted by atomic mass is 32.2. The molecule has 0 spiro atoms. The van der Waals surface area contributed by atoms with Gasteiger partial charge in [0.15, 0.2) is 0 Å². The SMILES string of the molecule is O=C(CC1CSc2ccccc2O1)N1CCC(O)(c2ccccc2)CC1. The third-order valence-electron chi connectivity index (χ3n) is 5.22. The highest BCUT2D eigenvalue weighted by Gasteiger charge is 2.36. The smallest absolute Gasteiger partial charge is 0.226 e. The Morgan fingerprint density at radius 3 is 2.58 bits per heavy atom. The molecule has 0 aliphatic carbocycles. The highest BCUT2D eigenvalue weighted by Crippen LogP contribution is 2.36. The molecule has 0 aromatic heterocycles. The first-order valence-corrected chi connectivity index (χ1v) is 10.1. The van der Waals surface area contributed by atoms with E-state index in [9.17, 15) is 9.90 Å². The number of amides is 1. The number of thioether (sulfide) groups is 1. The van der Waals surface area contributed by atoms with Crippen LogP contribution in [-0.2, 0) is 10.4 Å². The van der Waals surface area contributed by atoms with Crippen LogP contribution >= 0.6 is 11.8 Å². The Bertz CT molecular complexity index is 772. The normalized spacial score (nSPS) is 21.6. The zero-order chi connectivity index (χ0) is 18.0. The lowest BCUT2D eigenvalue weighted by atomic mass is 9.84. The molecule has 0 saturated carbocycles. The van der Waals surface area contributed by atoms with Gasteiger partial charge < -0.3 is 14.7 Å². The van der Waals surface area contributed by atoms with E-state index in [2.05, 4.69) is 0 Å². The first-order valence-electron chi connectivity index (χ1n) is 9.08. The van der Waals surface area contributed by atoms with Crippen molar-refractivity contribution in [2.24, 2.45) is 0 Å². The minimum Gasteiger partial charge on any atom is -0.488 e. The van der Waals surface area contributed by atoms with E-state index in [-0.39, 0.29) is 12.0 Å². The maximum atomic E-state index is 12.7. The minimum absolute atomic E-state index is 0.0858. The molecule has 2 aliphatic heterocycles. The van der Waals surface area contributed by atoms with Crippen molar-refractivity contribution in [3.05, 3.63) is 60.2 Å². The van der Waals surface area contributed by atoms with Gasteiger partial charge in [-0.1, -0.05) is 42.5 Å². The van der Waals surface area contributed by atoms with Gasteiger partial charge in [-0.2, -0.15) is 0 Å². The van der Waals surface area contributed by atoms with E-state index in [1.807, 2.05) is 59.5 Å². The predicted molar refractivity (Wildman–Crippen MR) is 102 cm³/mol. The minimum atomic E-state index is -0.825. The molecule has 4 rings (SSSR count). The molecule has 1 fully saturated rings. The topological polar surface area (TPSA) is 49.8 Å². The quantitative estimate of drug-likeness (QED) is 0.900. The van der Waals surface area contributed by atoms with E-state index < -0.39 is 5.60 Å². The lowest BCUT2D eigenvalue weighted by molar-refractivity contribution is -0.137. The second-order valence-corrected chi connectivity index (χ2v) is 8.04. The number of nitrogens with zero attached hydrogens (tertiary/aromatic N) is 1. The van der Waals surface area contributed by atoms with Crippen molar-refractivity contribution in [1.29, 1.82) is 0 Å². The number of aliphatic hydroxyl groups is 1. The third kappa shape index (κ3) is 3.60. The van der Waals surface area contributed by atoms with Gasteiger partial charge in [0, 0.05) is 23.7 Å². The van der Waals surface area contributed by atoms with Crippen molar-refractivity contribution in [3.8, 4) is 5.75 Å². The summed E-state index contributed by atoms with van der Waals surface area (Å²) in [6.45, 7) is 1.17. The molecule has 2 aromatic rings. The third-order valence-corrected chi connectivity index (χ3v) is 6.41.